The van der Waals surface area contributed by atoms with Crippen molar-refractivity contribution in [3.63, 3.8) is 0 Å². The summed E-state index contributed by atoms with van der Waals surface area (Å²) in [5, 5.41) is 12.3. The van der Waals surface area contributed by atoms with Gasteiger partial charge in [0.25, 0.3) is 0 Å². The fourth-order valence-corrected chi connectivity index (χ4v) is 2.20. The van der Waals surface area contributed by atoms with Crippen molar-refractivity contribution in [1.82, 2.24) is 0 Å². The van der Waals surface area contributed by atoms with Gasteiger partial charge >= 0.3 is 5.97 Å². The number of carbonyl (C=O) groups is 1. The minimum atomic E-state index is -0.899. The average molecular weight is 269 g/mol. The zero-order chi connectivity index (χ0) is 14.4. The third kappa shape index (κ3) is 3.60. The smallest absolute Gasteiger partial charge is 0.337 e. The van der Waals surface area contributed by atoms with Crippen LogP contribution in [0, 0.1) is 0 Å². The van der Waals surface area contributed by atoms with Crippen LogP contribution in [0.25, 0.3) is 0 Å². The van der Waals surface area contributed by atoms with E-state index in [4.69, 9.17) is 5.11 Å². The van der Waals surface area contributed by atoms with Crippen LogP contribution in [0.1, 0.15) is 35.2 Å². The van der Waals surface area contributed by atoms with Crippen LogP contribution in [0.15, 0.2) is 54.6 Å². The number of carboxylic acids is 1. The Hall–Kier alpha value is -2.29. The third-order valence-corrected chi connectivity index (χ3v) is 3.42. The van der Waals surface area contributed by atoms with Gasteiger partial charge in [0.2, 0.25) is 0 Å². The molecule has 0 aromatic heterocycles. The molecular formula is C17H19NO2. The minimum absolute atomic E-state index is 0.319. The zero-order valence-corrected chi connectivity index (χ0v) is 11.5. The second-order valence-electron chi connectivity index (χ2n) is 4.88. The van der Waals surface area contributed by atoms with E-state index in [0.717, 1.165) is 13.0 Å². The average Bonchev–Trinajstić information content (AvgIpc) is 2.48. The summed E-state index contributed by atoms with van der Waals surface area (Å²) >= 11 is 0. The maximum atomic E-state index is 11.1. The standard InChI is InChI=1S/C17H19NO2/c1-13(14-7-3-2-4-8-14)11-12-18-16-10-6-5-9-15(16)17(19)20/h2-10,13,18H,11-12H2,1H3,(H,19,20). The van der Waals surface area contributed by atoms with E-state index in [2.05, 4.69) is 24.4 Å². The number of aromatic carboxylic acids is 1. The molecule has 0 aliphatic carbocycles. The van der Waals surface area contributed by atoms with Crippen LogP contribution in [0.2, 0.25) is 0 Å². The Kier molecular flexibility index (Phi) is 4.77. The highest BCUT2D eigenvalue weighted by Crippen LogP contribution is 2.20. The van der Waals surface area contributed by atoms with Gasteiger partial charge in [-0.15, -0.1) is 0 Å². The van der Waals surface area contributed by atoms with Gasteiger partial charge in [-0.25, -0.2) is 4.79 Å². The Morgan fingerprint density at radius 3 is 2.45 bits per heavy atom. The largest absolute Gasteiger partial charge is 0.478 e. The van der Waals surface area contributed by atoms with Crippen LogP contribution < -0.4 is 5.32 Å². The van der Waals surface area contributed by atoms with Gasteiger partial charge in [0, 0.05) is 12.2 Å². The molecule has 0 spiro atoms. The summed E-state index contributed by atoms with van der Waals surface area (Å²) in [6.45, 7) is 2.93. The molecule has 0 saturated carbocycles. The van der Waals surface area contributed by atoms with Crippen molar-refractivity contribution in [2.24, 2.45) is 0 Å². The number of benzene rings is 2. The molecule has 2 N–H and O–H groups in total. The SMILES string of the molecule is CC(CCNc1ccccc1C(=O)O)c1ccccc1. The van der Waals surface area contributed by atoms with E-state index in [1.807, 2.05) is 24.3 Å². The van der Waals surface area contributed by atoms with E-state index in [9.17, 15) is 4.79 Å². The lowest BCUT2D eigenvalue weighted by atomic mass is 9.98. The lowest BCUT2D eigenvalue weighted by Crippen LogP contribution is -2.09. The predicted molar refractivity (Wildman–Crippen MR) is 81.4 cm³/mol. The number of para-hydroxylation sites is 1. The van der Waals surface area contributed by atoms with E-state index >= 15 is 0 Å². The van der Waals surface area contributed by atoms with Gasteiger partial charge in [-0.1, -0.05) is 49.4 Å². The number of rotatable bonds is 6. The highest BCUT2D eigenvalue weighted by atomic mass is 16.4. The first-order chi connectivity index (χ1) is 9.68. The first-order valence-corrected chi connectivity index (χ1v) is 6.79. The first kappa shape index (κ1) is 14.1. The molecule has 0 heterocycles. The number of nitrogens with one attached hydrogen (secondary N) is 1. The van der Waals surface area contributed by atoms with Crippen LogP contribution in [0.5, 0.6) is 0 Å². The quantitative estimate of drug-likeness (QED) is 0.833. The molecule has 3 nitrogen and oxygen atoms in total. The van der Waals surface area contributed by atoms with Crippen molar-refractivity contribution >= 4 is 11.7 Å². The second kappa shape index (κ2) is 6.75. The number of hydrogen-bond acceptors (Lipinski definition) is 2. The van der Waals surface area contributed by atoms with Crippen molar-refractivity contribution in [3.05, 3.63) is 65.7 Å². The highest BCUT2D eigenvalue weighted by molar-refractivity contribution is 5.94. The molecule has 0 aliphatic rings. The van der Waals surface area contributed by atoms with Crippen molar-refractivity contribution in [2.75, 3.05) is 11.9 Å². The maximum Gasteiger partial charge on any atom is 0.337 e. The number of carboxylic acid groups (broad SMARTS) is 1. The lowest BCUT2D eigenvalue weighted by molar-refractivity contribution is 0.0698. The predicted octanol–water partition coefficient (Wildman–Crippen LogP) is 3.99. The van der Waals surface area contributed by atoms with Crippen LogP contribution >= 0.6 is 0 Å². The van der Waals surface area contributed by atoms with Gasteiger partial charge in [0.1, 0.15) is 0 Å². The first-order valence-electron chi connectivity index (χ1n) is 6.79. The molecule has 2 aromatic rings. The highest BCUT2D eigenvalue weighted by Gasteiger charge is 2.09. The third-order valence-electron chi connectivity index (χ3n) is 3.42. The molecular weight excluding hydrogens is 250 g/mol. The fraction of sp³-hybridized carbons (Fsp3) is 0.235. The number of hydrogen-bond donors (Lipinski definition) is 2. The summed E-state index contributed by atoms with van der Waals surface area (Å²) < 4.78 is 0. The Labute approximate surface area is 119 Å². The van der Waals surface area contributed by atoms with Crippen molar-refractivity contribution in [3.8, 4) is 0 Å². The van der Waals surface area contributed by atoms with Crippen LogP contribution in [0.3, 0.4) is 0 Å². The summed E-state index contributed by atoms with van der Waals surface area (Å²) in [6, 6.07) is 17.3. The molecule has 1 atom stereocenters. The molecule has 0 aliphatic heterocycles. The van der Waals surface area contributed by atoms with E-state index in [1.165, 1.54) is 5.56 Å². The monoisotopic (exact) mass is 269 g/mol. The molecule has 2 aromatic carbocycles. The van der Waals surface area contributed by atoms with E-state index < -0.39 is 5.97 Å². The van der Waals surface area contributed by atoms with Crippen molar-refractivity contribution in [1.29, 1.82) is 0 Å². The van der Waals surface area contributed by atoms with Crippen LogP contribution in [0.4, 0.5) is 5.69 Å². The molecule has 20 heavy (non-hydrogen) atoms. The molecule has 2 rings (SSSR count). The minimum Gasteiger partial charge on any atom is -0.478 e. The Morgan fingerprint density at radius 2 is 1.75 bits per heavy atom. The molecule has 0 amide bonds. The Bertz CT molecular complexity index is 566. The van der Waals surface area contributed by atoms with E-state index in [0.29, 0.717) is 17.2 Å². The summed E-state index contributed by atoms with van der Waals surface area (Å²) in [5.41, 5.74) is 2.31. The van der Waals surface area contributed by atoms with E-state index in [-0.39, 0.29) is 0 Å². The van der Waals surface area contributed by atoms with Crippen LogP contribution in [-0.4, -0.2) is 17.6 Å². The molecule has 3 heteroatoms. The van der Waals surface area contributed by atoms with Crippen molar-refractivity contribution < 1.29 is 9.90 Å². The van der Waals surface area contributed by atoms with Gasteiger partial charge in [0.05, 0.1) is 5.56 Å². The number of anilines is 1. The van der Waals surface area contributed by atoms with Gasteiger partial charge in [-0.2, -0.15) is 0 Å². The summed E-state index contributed by atoms with van der Waals surface area (Å²) in [5.74, 6) is -0.454. The van der Waals surface area contributed by atoms with Gasteiger partial charge in [0.15, 0.2) is 0 Å². The maximum absolute atomic E-state index is 11.1. The topological polar surface area (TPSA) is 49.3 Å². The van der Waals surface area contributed by atoms with Crippen molar-refractivity contribution in [2.45, 2.75) is 19.3 Å². The Morgan fingerprint density at radius 1 is 1.10 bits per heavy atom. The van der Waals surface area contributed by atoms with Gasteiger partial charge in [-0.3, -0.25) is 0 Å². The van der Waals surface area contributed by atoms with Gasteiger partial charge < -0.3 is 10.4 Å². The van der Waals surface area contributed by atoms with E-state index in [1.54, 1.807) is 18.2 Å². The zero-order valence-electron chi connectivity index (χ0n) is 11.5. The molecule has 0 saturated heterocycles. The lowest BCUT2D eigenvalue weighted by Gasteiger charge is -2.14. The summed E-state index contributed by atoms with van der Waals surface area (Å²) in [7, 11) is 0. The Balaban J connectivity index is 1.92. The summed E-state index contributed by atoms with van der Waals surface area (Å²) in [4.78, 5) is 11.1. The molecule has 104 valence electrons. The van der Waals surface area contributed by atoms with Gasteiger partial charge in [-0.05, 0) is 30.0 Å². The molecule has 0 bridgehead atoms. The van der Waals surface area contributed by atoms with Crippen LogP contribution in [-0.2, 0) is 0 Å². The molecule has 1 unspecified atom stereocenters. The summed E-state index contributed by atoms with van der Waals surface area (Å²) in [6.07, 6.45) is 0.956. The molecule has 0 radical (unpaired) electrons. The molecule has 0 fully saturated rings. The normalized spacial score (nSPS) is 11.8. The second-order valence-corrected chi connectivity index (χ2v) is 4.88. The fourth-order valence-electron chi connectivity index (χ4n) is 2.20.